The molecule has 0 aliphatic carbocycles. The van der Waals surface area contributed by atoms with E-state index in [0.717, 1.165) is 16.8 Å². The Morgan fingerprint density at radius 1 is 1.00 bits per heavy atom. The van der Waals surface area contributed by atoms with Gasteiger partial charge in [0, 0.05) is 11.0 Å². The van der Waals surface area contributed by atoms with Crippen molar-refractivity contribution >= 4 is 22.6 Å². The monoisotopic (exact) mass is 390 g/mol. The SMILES string of the molecule is CCCCCCCCOC(CI)c1ccc(OC)cc1. The number of halogens is 1. The lowest BCUT2D eigenvalue weighted by atomic mass is 10.1. The van der Waals surface area contributed by atoms with E-state index in [1.807, 2.05) is 12.1 Å². The number of hydrogen-bond acceptors (Lipinski definition) is 2. The zero-order valence-corrected chi connectivity index (χ0v) is 14.9. The first-order valence-corrected chi connectivity index (χ1v) is 9.15. The van der Waals surface area contributed by atoms with Crippen molar-refractivity contribution in [3.63, 3.8) is 0 Å². The average molecular weight is 390 g/mol. The lowest BCUT2D eigenvalue weighted by Gasteiger charge is -2.16. The van der Waals surface area contributed by atoms with Crippen molar-refractivity contribution in [1.29, 1.82) is 0 Å². The fraction of sp³-hybridized carbons (Fsp3) is 0.647. The van der Waals surface area contributed by atoms with E-state index in [1.165, 1.54) is 44.1 Å². The molecule has 0 aromatic heterocycles. The second-order valence-electron chi connectivity index (χ2n) is 5.05. The van der Waals surface area contributed by atoms with Crippen LogP contribution in [0.1, 0.15) is 57.1 Å². The maximum atomic E-state index is 6.01. The van der Waals surface area contributed by atoms with Crippen LogP contribution in [-0.2, 0) is 4.74 Å². The van der Waals surface area contributed by atoms with Crippen LogP contribution in [-0.4, -0.2) is 18.1 Å². The predicted molar refractivity (Wildman–Crippen MR) is 94.0 cm³/mol. The van der Waals surface area contributed by atoms with E-state index in [4.69, 9.17) is 9.47 Å². The molecule has 0 N–H and O–H groups in total. The average Bonchev–Trinajstić information content (AvgIpc) is 2.50. The minimum atomic E-state index is 0.206. The molecule has 1 aromatic rings. The molecule has 0 aliphatic rings. The third-order valence-electron chi connectivity index (χ3n) is 3.44. The summed E-state index contributed by atoms with van der Waals surface area (Å²) in [5, 5.41) is 0. The molecule has 0 spiro atoms. The smallest absolute Gasteiger partial charge is 0.118 e. The van der Waals surface area contributed by atoms with E-state index in [1.54, 1.807) is 7.11 Å². The Hall–Kier alpha value is -0.290. The van der Waals surface area contributed by atoms with Crippen LogP contribution in [0.15, 0.2) is 24.3 Å². The van der Waals surface area contributed by atoms with Gasteiger partial charge in [-0.15, -0.1) is 0 Å². The van der Waals surface area contributed by atoms with Crippen LogP contribution < -0.4 is 4.74 Å². The normalized spacial score (nSPS) is 12.3. The largest absolute Gasteiger partial charge is 0.497 e. The van der Waals surface area contributed by atoms with Gasteiger partial charge in [0.1, 0.15) is 5.75 Å². The van der Waals surface area contributed by atoms with Gasteiger partial charge in [0.05, 0.1) is 13.2 Å². The fourth-order valence-electron chi connectivity index (χ4n) is 2.16. The molecule has 0 heterocycles. The summed E-state index contributed by atoms with van der Waals surface area (Å²) in [5.41, 5.74) is 1.24. The summed E-state index contributed by atoms with van der Waals surface area (Å²) in [7, 11) is 1.69. The van der Waals surface area contributed by atoms with Gasteiger partial charge in [-0.2, -0.15) is 0 Å². The third-order valence-corrected chi connectivity index (χ3v) is 4.24. The highest BCUT2D eigenvalue weighted by atomic mass is 127. The molecule has 0 fully saturated rings. The summed E-state index contributed by atoms with van der Waals surface area (Å²) in [6.45, 7) is 3.12. The molecular weight excluding hydrogens is 363 g/mol. The molecule has 114 valence electrons. The van der Waals surface area contributed by atoms with Crippen LogP contribution >= 0.6 is 22.6 Å². The number of rotatable bonds is 11. The predicted octanol–water partition coefficient (Wildman–Crippen LogP) is 5.55. The minimum Gasteiger partial charge on any atom is -0.497 e. The maximum Gasteiger partial charge on any atom is 0.118 e. The van der Waals surface area contributed by atoms with E-state index in [9.17, 15) is 0 Å². The highest BCUT2D eigenvalue weighted by Gasteiger charge is 2.10. The van der Waals surface area contributed by atoms with E-state index in [-0.39, 0.29) is 6.10 Å². The molecule has 0 saturated heterocycles. The first-order chi connectivity index (χ1) is 9.81. The molecule has 1 atom stereocenters. The van der Waals surface area contributed by atoms with Crippen molar-refractivity contribution in [2.45, 2.75) is 51.6 Å². The fourth-order valence-corrected chi connectivity index (χ4v) is 2.92. The molecule has 0 amide bonds. The molecule has 3 heteroatoms. The summed E-state index contributed by atoms with van der Waals surface area (Å²) in [4.78, 5) is 0. The second-order valence-corrected chi connectivity index (χ2v) is 5.94. The summed E-state index contributed by atoms with van der Waals surface area (Å²) in [5.74, 6) is 0.900. The van der Waals surface area contributed by atoms with Crippen molar-refractivity contribution in [1.82, 2.24) is 0 Å². The number of benzene rings is 1. The van der Waals surface area contributed by atoms with Gasteiger partial charge in [0.2, 0.25) is 0 Å². The van der Waals surface area contributed by atoms with Crippen LogP contribution in [0.2, 0.25) is 0 Å². The van der Waals surface area contributed by atoms with Gasteiger partial charge in [-0.25, -0.2) is 0 Å². The summed E-state index contributed by atoms with van der Waals surface area (Å²) in [6, 6.07) is 8.21. The first kappa shape index (κ1) is 17.8. The number of unbranched alkanes of at least 4 members (excludes halogenated alkanes) is 5. The molecule has 1 unspecified atom stereocenters. The molecule has 0 aliphatic heterocycles. The van der Waals surface area contributed by atoms with E-state index in [0.29, 0.717) is 0 Å². The lowest BCUT2D eigenvalue weighted by Crippen LogP contribution is -2.07. The van der Waals surface area contributed by atoms with Gasteiger partial charge in [0.25, 0.3) is 0 Å². The van der Waals surface area contributed by atoms with Crippen molar-refractivity contribution in [3.8, 4) is 5.75 Å². The molecule has 2 nitrogen and oxygen atoms in total. The zero-order valence-electron chi connectivity index (χ0n) is 12.7. The van der Waals surface area contributed by atoms with E-state index >= 15 is 0 Å². The standard InChI is InChI=1S/C17H27IO2/c1-3-4-5-6-7-8-13-20-17(14-18)15-9-11-16(19-2)12-10-15/h9-12,17H,3-8,13-14H2,1-2H3. The second kappa shape index (κ2) is 11.4. The Balaban J connectivity index is 2.24. The Bertz CT molecular complexity index is 337. The summed E-state index contributed by atoms with van der Waals surface area (Å²) >= 11 is 2.39. The maximum absolute atomic E-state index is 6.01. The molecule has 1 rings (SSSR count). The molecule has 0 saturated carbocycles. The molecule has 0 radical (unpaired) electrons. The summed E-state index contributed by atoms with van der Waals surface area (Å²) in [6.07, 6.45) is 8.05. The molecule has 1 aromatic carbocycles. The van der Waals surface area contributed by atoms with Gasteiger partial charge >= 0.3 is 0 Å². The van der Waals surface area contributed by atoms with Crippen LogP contribution in [0.5, 0.6) is 5.75 Å². The zero-order chi connectivity index (χ0) is 14.6. The van der Waals surface area contributed by atoms with E-state index in [2.05, 4.69) is 41.6 Å². The Morgan fingerprint density at radius 3 is 2.25 bits per heavy atom. The van der Waals surface area contributed by atoms with Gasteiger partial charge in [0.15, 0.2) is 0 Å². The topological polar surface area (TPSA) is 18.5 Å². The highest BCUT2D eigenvalue weighted by Crippen LogP contribution is 2.23. The van der Waals surface area contributed by atoms with Crippen LogP contribution in [0.3, 0.4) is 0 Å². The third kappa shape index (κ3) is 6.93. The van der Waals surface area contributed by atoms with Gasteiger partial charge in [-0.05, 0) is 24.1 Å². The molecule has 0 bridgehead atoms. The van der Waals surface area contributed by atoms with Crippen LogP contribution in [0, 0.1) is 0 Å². The number of ether oxygens (including phenoxy) is 2. The van der Waals surface area contributed by atoms with Gasteiger partial charge < -0.3 is 9.47 Å². The quantitative estimate of drug-likeness (QED) is 0.280. The Morgan fingerprint density at radius 2 is 1.65 bits per heavy atom. The molecule has 20 heavy (non-hydrogen) atoms. The number of alkyl halides is 1. The van der Waals surface area contributed by atoms with Crippen molar-refractivity contribution in [3.05, 3.63) is 29.8 Å². The van der Waals surface area contributed by atoms with E-state index < -0.39 is 0 Å². The first-order valence-electron chi connectivity index (χ1n) is 7.63. The lowest BCUT2D eigenvalue weighted by molar-refractivity contribution is 0.0678. The van der Waals surface area contributed by atoms with Crippen molar-refractivity contribution < 1.29 is 9.47 Å². The van der Waals surface area contributed by atoms with Gasteiger partial charge in [-0.1, -0.05) is 73.8 Å². The molecular formula is C17H27IO2. The Kier molecular flexibility index (Phi) is 10.1. The highest BCUT2D eigenvalue weighted by molar-refractivity contribution is 14.1. The van der Waals surface area contributed by atoms with Crippen molar-refractivity contribution in [2.75, 3.05) is 18.1 Å². The number of hydrogen-bond donors (Lipinski definition) is 0. The van der Waals surface area contributed by atoms with Crippen molar-refractivity contribution in [2.24, 2.45) is 0 Å². The van der Waals surface area contributed by atoms with Crippen LogP contribution in [0.4, 0.5) is 0 Å². The Labute approximate surface area is 137 Å². The minimum absolute atomic E-state index is 0.206. The van der Waals surface area contributed by atoms with Crippen LogP contribution in [0.25, 0.3) is 0 Å². The van der Waals surface area contributed by atoms with Gasteiger partial charge in [-0.3, -0.25) is 0 Å². The number of methoxy groups -OCH3 is 1. The summed E-state index contributed by atoms with van der Waals surface area (Å²) < 4.78 is 12.2.